The van der Waals surface area contributed by atoms with Crippen molar-refractivity contribution >= 4 is 6.21 Å². The van der Waals surface area contributed by atoms with Crippen LogP contribution < -0.4 is 0 Å². The Morgan fingerprint density at radius 2 is 2.33 bits per heavy atom. The third-order valence-corrected chi connectivity index (χ3v) is 1.84. The molecule has 0 saturated carbocycles. The third-order valence-electron chi connectivity index (χ3n) is 1.84. The van der Waals surface area contributed by atoms with Crippen LogP contribution in [0.5, 0.6) is 0 Å². The topological polar surface area (TPSA) is 15.6 Å². The quantitative estimate of drug-likeness (QED) is 0.621. The summed E-state index contributed by atoms with van der Waals surface area (Å²) in [4.78, 5) is 6.28. The van der Waals surface area contributed by atoms with Gasteiger partial charge in [-0.2, -0.15) is 0 Å². The van der Waals surface area contributed by atoms with E-state index < -0.39 is 0 Å². The van der Waals surface area contributed by atoms with Crippen LogP contribution in [0, 0.1) is 0 Å². The first-order valence-electron chi connectivity index (χ1n) is 4.30. The highest BCUT2D eigenvalue weighted by molar-refractivity contribution is 5.63. The van der Waals surface area contributed by atoms with Gasteiger partial charge in [0.25, 0.3) is 0 Å². The van der Waals surface area contributed by atoms with Gasteiger partial charge < -0.3 is 4.90 Å². The summed E-state index contributed by atoms with van der Waals surface area (Å²) in [5.41, 5.74) is 1.46. The number of hydrogen-bond donors (Lipinski definition) is 0. The second-order valence-corrected chi connectivity index (χ2v) is 3.26. The van der Waals surface area contributed by atoms with Crippen molar-refractivity contribution in [3.05, 3.63) is 23.9 Å². The van der Waals surface area contributed by atoms with Crippen molar-refractivity contribution in [2.75, 3.05) is 20.6 Å². The maximum absolute atomic E-state index is 4.08. The van der Waals surface area contributed by atoms with E-state index in [9.17, 15) is 0 Å². The Labute approximate surface area is 74.3 Å². The zero-order chi connectivity index (χ0) is 8.81. The fourth-order valence-electron chi connectivity index (χ4n) is 1.08. The van der Waals surface area contributed by atoms with Crippen LogP contribution in [-0.2, 0) is 0 Å². The molecule has 0 unspecified atom stereocenters. The molecule has 0 fully saturated rings. The second-order valence-electron chi connectivity index (χ2n) is 3.26. The van der Waals surface area contributed by atoms with E-state index in [0.29, 0.717) is 0 Å². The minimum Gasteiger partial charge on any atom is -0.309 e. The smallest absolute Gasteiger partial charge is 0.0263 e. The normalized spacial score (nSPS) is 16.4. The Bertz CT molecular complexity index is 212. The molecule has 0 bridgehead atoms. The van der Waals surface area contributed by atoms with Crippen molar-refractivity contribution < 1.29 is 0 Å². The highest BCUT2D eigenvalue weighted by Gasteiger charge is 1.97. The van der Waals surface area contributed by atoms with E-state index in [1.165, 1.54) is 5.57 Å². The van der Waals surface area contributed by atoms with E-state index in [1.807, 2.05) is 18.5 Å². The van der Waals surface area contributed by atoms with Gasteiger partial charge in [-0.1, -0.05) is 11.6 Å². The summed E-state index contributed by atoms with van der Waals surface area (Å²) in [6, 6.07) is 0. The Kier molecular flexibility index (Phi) is 3.74. The predicted octanol–water partition coefficient (Wildman–Crippen LogP) is 1.85. The van der Waals surface area contributed by atoms with Gasteiger partial charge in [0.1, 0.15) is 0 Å². The number of nitrogens with zero attached hydrogens (tertiary/aromatic N) is 2. The first-order chi connectivity index (χ1) is 5.79. The zero-order valence-corrected chi connectivity index (χ0v) is 7.83. The van der Waals surface area contributed by atoms with Gasteiger partial charge in [-0.25, -0.2) is 0 Å². The lowest BCUT2D eigenvalue weighted by Gasteiger charge is -2.09. The minimum atomic E-state index is 1.00. The fourth-order valence-corrected chi connectivity index (χ4v) is 1.08. The van der Waals surface area contributed by atoms with E-state index in [0.717, 1.165) is 19.4 Å². The van der Waals surface area contributed by atoms with Gasteiger partial charge in [0.2, 0.25) is 0 Å². The van der Waals surface area contributed by atoms with Crippen molar-refractivity contribution in [2.24, 2.45) is 4.99 Å². The molecule has 0 aliphatic carbocycles. The van der Waals surface area contributed by atoms with Gasteiger partial charge in [0.15, 0.2) is 0 Å². The van der Waals surface area contributed by atoms with Crippen LogP contribution in [0.1, 0.15) is 12.8 Å². The summed E-state index contributed by atoms with van der Waals surface area (Å²) < 4.78 is 0. The molecule has 0 atom stereocenters. The maximum Gasteiger partial charge on any atom is 0.0263 e. The average molecular weight is 164 g/mol. The molecule has 0 aromatic heterocycles. The molecule has 2 heteroatoms. The summed E-state index contributed by atoms with van der Waals surface area (Å²) in [6.07, 6.45) is 10.1. The molecule has 0 saturated heterocycles. The Balaban J connectivity index is 2.36. The second kappa shape index (κ2) is 4.88. The van der Waals surface area contributed by atoms with E-state index in [4.69, 9.17) is 0 Å². The molecule has 66 valence electrons. The minimum absolute atomic E-state index is 1.00. The molecule has 1 aliphatic rings. The van der Waals surface area contributed by atoms with Crippen molar-refractivity contribution in [1.82, 2.24) is 4.90 Å². The lowest BCUT2D eigenvalue weighted by Crippen LogP contribution is -2.13. The van der Waals surface area contributed by atoms with Crippen molar-refractivity contribution in [3.8, 4) is 0 Å². The van der Waals surface area contributed by atoms with Crippen LogP contribution in [0.15, 0.2) is 28.9 Å². The fraction of sp³-hybridized carbons (Fsp3) is 0.500. The zero-order valence-electron chi connectivity index (χ0n) is 7.83. The van der Waals surface area contributed by atoms with Crippen LogP contribution >= 0.6 is 0 Å². The lowest BCUT2D eigenvalue weighted by atomic mass is 10.1. The van der Waals surface area contributed by atoms with Crippen LogP contribution in [0.3, 0.4) is 0 Å². The van der Waals surface area contributed by atoms with E-state index in [2.05, 4.69) is 30.1 Å². The van der Waals surface area contributed by atoms with E-state index in [1.54, 1.807) is 0 Å². The number of aliphatic imine (C=N–C) groups is 1. The Morgan fingerprint density at radius 1 is 1.50 bits per heavy atom. The molecule has 0 amide bonds. The molecule has 1 aliphatic heterocycles. The van der Waals surface area contributed by atoms with Crippen molar-refractivity contribution in [1.29, 1.82) is 0 Å². The molecular weight excluding hydrogens is 148 g/mol. The SMILES string of the molecule is CN(C)CCC1=CC=CN=CC1. The highest BCUT2D eigenvalue weighted by atomic mass is 15.0. The first-order valence-corrected chi connectivity index (χ1v) is 4.30. The summed E-state index contributed by atoms with van der Waals surface area (Å²) in [6.45, 7) is 1.12. The van der Waals surface area contributed by atoms with Crippen LogP contribution in [0.4, 0.5) is 0 Å². The van der Waals surface area contributed by atoms with Crippen LogP contribution in [0.2, 0.25) is 0 Å². The van der Waals surface area contributed by atoms with Gasteiger partial charge in [0.05, 0.1) is 0 Å². The molecule has 0 spiro atoms. The Hall–Kier alpha value is -0.890. The molecular formula is C10H16N2. The van der Waals surface area contributed by atoms with E-state index >= 15 is 0 Å². The molecule has 12 heavy (non-hydrogen) atoms. The lowest BCUT2D eigenvalue weighted by molar-refractivity contribution is 0.412. The van der Waals surface area contributed by atoms with Crippen molar-refractivity contribution in [2.45, 2.75) is 12.8 Å². The van der Waals surface area contributed by atoms with E-state index in [-0.39, 0.29) is 0 Å². The van der Waals surface area contributed by atoms with Crippen LogP contribution in [-0.4, -0.2) is 31.8 Å². The predicted molar refractivity (Wildman–Crippen MR) is 53.5 cm³/mol. The molecule has 1 rings (SSSR count). The summed E-state index contributed by atoms with van der Waals surface area (Å²) in [5.74, 6) is 0. The van der Waals surface area contributed by atoms with Crippen molar-refractivity contribution in [3.63, 3.8) is 0 Å². The van der Waals surface area contributed by atoms with Gasteiger partial charge in [-0.3, -0.25) is 4.99 Å². The maximum atomic E-state index is 4.08. The van der Waals surface area contributed by atoms with Gasteiger partial charge >= 0.3 is 0 Å². The standard InChI is InChI=1S/C10H16N2/c1-12(2)9-6-10-4-3-7-11-8-5-10/h3-4,7-8H,5-6,9H2,1-2H3. The summed E-state index contributed by atoms with van der Waals surface area (Å²) >= 11 is 0. The largest absolute Gasteiger partial charge is 0.309 e. The van der Waals surface area contributed by atoms with Gasteiger partial charge in [-0.05, 0) is 26.6 Å². The number of hydrogen-bond acceptors (Lipinski definition) is 2. The molecule has 2 nitrogen and oxygen atoms in total. The highest BCUT2D eigenvalue weighted by Crippen LogP contribution is 2.08. The number of rotatable bonds is 3. The average Bonchev–Trinajstić information content (AvgIpc) is 2.28. The number of allylic oxidation sites excluding steroid dienone is 2. The molecule has 0 radical (unpaired) electrons. The monoisotopic (exact) mass is 164 g/mol. The van der Waals surface area contributed by atoms with Gasteiger partial charge in [-0.15, -0.1) is 0 Å². The molecule has 1 heterocycles. The summed E-state index contributed by atoms with van der Waals surface area (Å²) in [7, 11) is 4.20. The molecule has 0 N–H and O–H groups in total. The first kappa shape index (κ1) is 9.20. The molecule has 0 aromatic carbocycles. The molecule has 0 aromatic rings. The summed E-state index contributed by atoms with van der Waals surface area (Å²) in [5, 5.41) is 0. The Morgan fingerprint density at radius 3 is 3.08 bits per heavy atom. The van der Waals surface area contributed by atoms with Crippen LogP contribution in [0.25, 0.3) is 0 Å². The van der Waals surface area contributed by atoms with Gasteiger partial charge in [0, 0.05) is 25.4 Å². The third kappa shape index (κ3) is 3.49.